The van der Waals surface area contributed by atoms with E-state index in [1.54, 1.807) is 0 Å². The van der Waals surface area contributed by atoms with Gasteiger partial charge in [-0.2, -0.15) is 0 Å². The van der Waals surface area contributed by atoms with Gasteiger partial charge in [-0.1, -0.05) is 19.8 Å². The van der Waals surface area contributed by atoms with Crippen LogP contribution in [0.25, 0.3) is 0 Å². The molecule has 1 aliphatic carbocycles. The molecule has 1 saturated carbocycles. The number of hydrogen-bond acceptors (Lipinski definition) is 3. The fraction of sp³-hybridized carbons (Fsp3) is 0.917. The topological polar surface area (TPSA) is 64.3 Å². The molecule has 0 aromatic rings. The van der Waals surface area contributed by atoms with Crippen molar-refractivity contribution in [2.24, 2.45) is 11.7 Å². The van der Waals surface area contributed by atoms with Gasteiger partial charge in [0.05, 0.1) is 0 Å². The van der Waals surface area contributed by atoms with E-state index >= 15 is 0 Å². The predicted octanol–water partition coefficient (Wildman–Crippen LogP) is 0.797. The number of ether oxygens (including phenoxy) is 1. The monoisotopic (exact) mass is 226 g/mol. The third-order valence-corrected chi connectivity index (χ3v) is 3.79. The van der Waals surface area contributed by atoms with Crippen molar-refractivity contribution in [3.63, 3.8) is 0 Å². The van der Waals surface area contributed by atoms with Crippen molar-refractivity contribution in [3.05, 3.63) is 0 Å². The van der Waals surface area contributed by atoms with Crippen LogP contribution in [0.4, 0.5) is 0 Å². The van der Waals surface area contributed by atoms with Gasteiger partial charge in [0.25, 0.3) is 0 Å². The predicted molar refractivity (Wildman–Crippen MR) is 61.9 cm³/mol. The zero-order valence-corrected chi connectivity index (χ0v) is 9.95. The molecule has 1 amide bonds. The number of hydrogen-bond donors (Lipinski definition) is 2. The maximum absolute atomic E-state index is 12.0. The van der Waals surface area contributed by atoms with Gasteiger partial charge in [0.1, 0.15) is 6.10 Å². The molecule has 0 radical (unpaired) electrons. The van der Waals surface area contributed by atoms with Crippen molar-refractivity contribution in [3.8, 4) is 0 Å². The van der Waals surface area contributed by atoms with Gasteiger partial charge in [-0.25, -0.2) is 0 Å². The first kappa shape index (κ1) is 11.9. The largest absolute Gasteiger partial charge is 0.368 e. The first-order valence-corrected chi connectivity index (χ1v) is 6.36. The molecular formula is C12H22N2O2. The minimum Gasteiger partial charge on any atom is -0.368 e. The molecule has 16 heavy (non-hydrogen) atoms. The molecule has 4 heteroatoms. The van der Waals surface area contributed by atoms with Crippen LogP contribution in [0.2, 0.25) is 0 Å². The first-order valence-electron chi connectivity index (χ1n) is 6.36. The summed E-state index contributed by atoms with van der Waals surface area (Å²) in [4.78, 5) is 12.0. The fourth-order valence-corrected chi connectivity index (χ4v) is 2.63. The molecule has 2 aliphatic rings. The Labute approximate surface area is 96.9 Å². The molecule has 0 bridgehead atoms. The quantitative estimate of drug-likeness (QED) is 0.732. The third-order valence-electron chi connectivity index (χ3n) is 3.79. The van der Waals surface area contributed by atoms with Crippen molar-refractivity contribution < 1.29 is 9.53 Å². The number of rotatable bonds is 2. The highest BCUT2D eigenvalue weighted by Crippen LogP contribution is 2.22. The van der Waals surface area contributed by atoms with Crippen LogP contribution in [0.5, 0.6) is 0 Å². The van der Waals surface area contributed by atoms with Crippen molar-refractivity contribution in [2.75, 3.05) is 6.61 Å². The zero-order valence-electron chi connectivity index (χ0n) is 9.95. The van der Waals surface area contributed by atoms with Crippen molar-refractivity contribution >= 4 is 5.91 Å². The van der Waals surface area contributed by atoms with E-state index in [1.807, 2.05) is 0 Å². The fourth-order valence-electron chi connectivity index (χ4n) is 2.63. The number of nitrogens with two attached hydrogens (primary N) is 1. The second-order valence-electron chi connectivity index (χ2n) is 5.12. The Morgan fingerprint density at radius 1 is 1.31 bits per heavy atom. The van der Waals surface area contributed by atoms with Gasteiger partial charge < -0.3 is 15.8 Å². The average Bonchev–Trinajstić information content (AvgIpc) is 2.68. The van der Waals surface area contributed by atoms with Crippen LogP contribution in [-0.2, 0) is 9.53 Å². The average molecular weight is 226 g/mol. The van der Waals surface area contributed by atoms with E-state index in [2.05, 4.69) is 12.2 Å². The summed E-state index contributed by atoms with van der Waals surface area (Å²) in [5.74, 6) is 0.368. The molecule has 1 saturated heterocycles. The summed E-state index contributed by atoms with van der Waals surface area (Å²) >= 11 is 0. The molecule has 0 aromatic carbocycles. The van der Waals surface area contributed by atoms with Crippen LogP contribution < -0.4 is 11.1 Å². The lowest BCUT2D eigenvalue weighted by atomic mass is 9.90. The van der Waals surface area contributed by atoms with Crippen LogP contribution in [-0.4, -0.2) is 30.7 Å². The van der Waals surface area contributed by atoms with E-state index in [-0.39, 0.29) is 24.1 Å². The van der Waals surface area contributed by atoms with E-state index in [4.69, 9.17) is 10.5 Å². The van der Waals surface area contributed by atoms with Crippen molar-refractivity contribution in [2.45, 2.75) is 57.2 Å². The Hall–Kier alpha value is -0.610. The van der Waals surface area contributed by atoms with E-state index in [1.165, 1.54) is 12.8 Å². The van der Waals surface area contributed by atoms with Crippen LogP contribution in [0.15, 0.2) is 0 Å². The van der Waals surface area contributed by atoms with Gasteiger partial charge in [0.2, 0.25) is 5.91 Å². The molecule has 2 rings (SSSR count). The molecule has 1 heterocycles. The SMILES string of the molecule is CC1CCOC1C(=O)N[C@@H]1CCCC[C@H]1N. The Balaban J connectivity index is 1.86. The summed E-state index contributed by atoms with van der Waals surface area (Å²) in [5.41, 5.74) is 6.01. The summed E-state index contributed by atoms with van der Waals surface area (Å²) in [5, 5.41) is 3.05. The molecule has 92 valence electrons. The highest BCUT2D eigenvalue weighted by atomic mass is 16.5. The summed E-state index contributed by atoms with van der Waals surface area (Å²) in [6.45, 7) is 2.77. The number of carbonyl (C=O) groups excluding carboxylic acids is 1. The normalized spacial score (nSPS) is 39.6. The van der Waals surface area contributed by atoms with E-state index < -0.39 is 0 Å². The lowest BCUT2D eigenvalue weighted by Gasteiger charge is -2.30. The minimum atomic E-state index is -0.255. The maximum atomic E-state index is 12.0. The lowest BCUT2D eigenvalue weighted by molar-refractivity contribution is -0.132. The first-order chi connectivity index (χ1) is 7.68. The maximum Gasteiger partial charge on any atom is 0.249 e. The number of carbonyl (C=O) groups is 1. The Kier molecular flexibility index (Phi) is 3.82. The molecule has 1 aliphatic heterocycles. The molecular weight excluding hydrogens is 204 g/mol. The van der Waals surface area contributed by atoms with Gasteiger partial charge in [-0.3, -0.25) is 4.79 Å². The molecule has 4 nitrogen and oxygen atoms in total. The second-order valence-corrected chi connectivity index (χ2v) is 5.12. The molecule has 4 atom stereocenters. The second kappa shape index (κ2) is 5.15. The minimum absolute atomic E-state index is 0.0346. The Morgan fingerprint density at radius 3 is 2.69 bits per heavy atom. The Morgan fingerprint density at radius 2 is 2.06 bits per heavy atom. The molecule has 2 unspecified atom stereocenters. The van der Waals surface area contributed by atoms with Crippen molar-refractivity contribution in [1.82, 2.24) is 5.32 Å². The smallest absolute Gasteiger partial charge is 0.249 e. The zero-order chi connectivity index (χ0) is 11.5. The van der Waals surface area contributed by atoms with Crippen LogP contribution in [0.3, 0.4) is 0 Å². The molecule has 0 spiro atoms. The number of nitrogens with one attached hydrogen (secondary N) is 1. The highest BCUT2D eigenvalue weighted by Gasteiger charge is 2.33. The highest BCUT2D eigenvalue weighted by molar-refractivity contribution is 5.81. The van der Waals surface area contributed by atoms with Gasteiger partial charge >= 0.3 is 0 Å². The summed E-state index contributed by atoms with van der Waals surface area (Å²) in [7, 11) is 0. The van der Waals surface area contributed by atoms with Gasteiger partial charge in [0.15, 0.2) is 0 Å². The summed E-state index contributed by atoms with van der Waals surface area (Å²) < 4.78 is 5.45. The standard InChI is InChI=1S/C12H22N2O2/c1-8-6-7-16-11(8)12(15)14-10-5-3-2-4-9(10)13/h8-11H,2-7,13H2,1H3,(H,14,15)/t8?,9-,10-,11?/m1/s1. The molecule has 3 N–H and O–H groups in total. The Bertz CT molecular complexity index is 257. The van der Waals surface area contributed by atoms with Crippen LogP contribution >= 0.6 is 0 Å². The van der Waals surface area contributed by atoms with Gasteiger partial charge in [-0.15, -0.1) is 0 Å². The van der Waals surface area contributed by atoms with E-state index in [0.29, 0.717) is 12.5 Å². The van der Waals surface area contributed by atoms with E-state index in [0.717, 1.165) is 19.3 Å². The molecule has 2 fully saturated rings. The number of amides is 1. The van der Waals surface area contributed by atoms with Crippen LogP contribution in [0.1, 0.15) is 39.0 Å². The van der Waals surface area contributed by atoms with Crippen LogP contribution in [0, 0.1) is 5.92 Å². The van der Waals surface area contributed by atoms with Gasteiger partial charge in [-0.05, 0) is 25.2 Å². The third kappa shape index (κ3) is 2.55. The van der Waals surface area contributed by atoms with Crippen molar-refractivity contribution in [1.29, 1.82) is 0 Å². The lowest BCUT2D eigenvalue weighted by Crippen LogP contribution is -2.52. The summed E-state index contributed by atoms with van der Waals surface area (Å²) in [6, 6.07) is 0.270. The van der Waals surface area contributed by atoms with E-state index in [9.17, 15) is 4.79 Å². The molecule has 0 aromatic heterocycles. The summed E-state index contributed by atoms with van der Waals surface area (Å²) in [6.07, 6.45) is 5.10. The van der Waals surface area contributed by atoms with Gasteiger partial charge in [0, 0.05) is 18.7 Å².